The maximum absolute atomic E-state index is 13.1. The maximum Gasteiger partial charge on any atom is 0.246 e. The summed E-state index contributed by atoms with van der Waals surface area (Å²) in [5, 5.41) is 5.40. The van der Waals surface area contributed by atoms with Gasteiger partial charge >= 0.3 is 0 Å². The minimum atomic E-state index is 0.0973. The van der Waals surface area contributed by atoms with Gasteiger partial charge in [-0.25, -0.2) is 0 Å². The van der Waals surface area contributed by atoms with Gasteiger partial charge in [0.15, 0.2) is 22.9 Å². The molecule has 0 saturated carbocycles. The topological polar surface area (TPSA) is 71.3 Å². The average molecular weight is 489 g/mol. The number of carbonyl (C=O) groups is 1. The van der Waals surface area contributed by atoms with Gasteiger partial charge in [-0.1, -0.05) is 23.4 Å². The quantitative estimate of drug-likeness (QED) is 0.483. The molecule has 2 fully saturated rings. The smallest absolute Gasteiger partial charge is 0.246 e. The lowest BCUT2D eigenvalue weighted by atomic mass is 9.98. The minimum Gasteiger partial charge on any atom is -0.454 e. The molecule has 36 heavy (non-hydrogen) atoms. The fourth-order valence-corrected chi connectivity index (χ4v) is 5.49. The number of piperidine rings is 1. The first-order valence-corrected chi connectivity index (χ1v) is 12.9. The first-order valence-electron chi connectivity index (χ1n) is 12.9. The highest BCUT2D eigenvalue weighted by Crippen LogP contribution is 2.33. The van der Waals surface area contributed by atoms with Crippen molar-refractivity contribution in [1.82, 2.24) is 15.0 Å². The highest BCUT2D eigenvalue weighted by Gasteiger charge is 2.27. The number of piperazine rings is 1. The molecule has 3 aliphatic heterocycles. The summed E-state index contributed by atoms with van der Waals surface area (Å²) in [5.41, 5.74) is 1.78. The van der Waals surface area contributed by atoms with E-state index in [2.05, 4.69) is 25.9 Å². The van der Waals surface area contributed by atoms with E-state index in [9.17, 15) is 4.79 Å². The van der Waals surface area contributed by atoms with Crippen molar-refractivity contribution >= 4 is 28.8 Å². The molecule has 1 amide bonds. The van der Waals surface area contributed by atoms with E-state index in [-0.39, 0.29) is 12.7 Å². The van der Waals surface area contributed by atoms with Crippen LogP contribution < -0.4 is 14.4 Å². The van der Waals surface area contributed by atoms with Crippen LogP contribution in [0.15, 0.2) is 53.1 Å². The Morgan fingerprint density at radius 1 is 1.00 bits per heavy atom. The number of hydrogen-bond acceptors (Lipinski definition) is 7. The van der Waals surface area contributed by atoms with E-state index in [0.29, 0.717) is 6.04 Å². The van der Waals surface area contributed by atoms with Gasteiger partial charge in [-0.15, -0.1) is 0 Å². The van der Waals surface area contributed by atoms with Crippen molar-refractivity contribution in [3.63, 3.8) is 0 Å². The van der Waals surface area contributed by atoms with Crippen LogP contribution in [-0.4, -0.2) is 73.0 Å². The summed E-state index contributed by atoms with van der Waals surface area (Å²) in [6.45, 7) is 5.95. The molecule has 2 saturated heterocycles. The second-order valence-corrected chi connectivity index (χ2v) is 9.75. The number of ether oxygens (including phenoxy) is 2. The van der Waals surface area contributed by atoms with Crippen LogP contribution in [0, 0.1) is 0 Å². The Bertz CT molecular complexity index is 1250. The maximum atomic E-state index is 13.1. The molecule has 4 heterocycles. The first kappa shape index (κ1) is 22.9. The van der Waals surface area contributed by atoms with Crippen molar-refractivity contribution in [2.24, 2.45) is 0 Å². The predicted octanol–water partition coefficient (Wildman–Crippen LogP) is 4.16. The first-order chi connectivity index (χ1) is 17.7. The molecular formula is C28H32N4O4. The Kier molecular flexibility index (Phi) is 6.51. The Balaban J connectivity index is 1.02. The van der Waals surface area contributed by atoms with E-state index in [0.717, 1.165) is 92.4 Å². The van der Waals surface area contributed by atoms with Gasteiger partial charge in [0.2, 0.25) is 12.7 Å². The van der Waals surface area contributed by atoms with Gasteiger partial charge in [-0.3, -0.25) is 9.69 Å². The molecule has 0 unspecified atom stereocenters. The number of benzene rings is 2. The third kappa shape index (κ3) is 4.78. The molecule has 0 N–H and O–H groups in total. The zero-order valence-electron chi connectivity index (χ0n) is 20.5. The molecule has 0 aliphatic carbocycles. The fraction of sp³-hybridized carbons (Fsp3) is 0.429. The van der Waals surface area contributed by atoms with Crippen LogP contribution in [0.5, 0.6) is 11.5 Å². The number of hydrogen-bond donors (Lipinski definition) is 0. The molecule has 3 aliphatic rings. The number of para-hydroxylation sites is 1. The number of aromatic nitrogens is 1. The monoisotopic (exact) mass is 488 g/mol. The van der Waals surface area contributed by atoms with Gasteiger partial charge in [0.25, 0.3) is 0 Å². The van der Waals surface area contributed by atoms with E-state index < -0.39 is 0 Å². The van der Waals surface area contributed by atoms with Crippen LogP contribution in [0.1, 0.15) is 31.2 Å². The number of nitrogens with zero attached hydrogens (tertiary/aromatic N) is 4. The van der Waals surface area contributed by atoms with Gasteiger partial charge in [-0.2, -0.15) is 0 Å². The Hall–Kier alpha value is -3.52. The van der Waals surface area contributed by atoms with Gasteiger partial charge in [0.05, 0.1) is 5.39 Å². The molecule has 3 aromatic rings. The Morgan fingerprint density at radius 2 is 1.86 bits per heavy atom. The third-order valence-corrected chi connectivity index (χ3v) is 7.53. The zero-order chi connectivity index (χ0) is 24.3. The lowest BCUT2D eigenvalue weighted by Crippen LogP contribution is -2.49. The zero-order valence-corrected chi connectivity index (χ0v) is 20.5. The van der Waals surface area contributed by atoms with E-state index >= 15 is 0 Å². The third-order valence-electron chi connectivity index (χ3n) is 7.53. The molecule has 188 valence electrons. The van der Waals surface area contributed by atoms with Crippen molar-refractivity contribution in [3.05, 3.63) is 54.1 Å². The summed E-state index contributed by atoms with van der Waals surface area (Å²) in [6.07, 6.45) is 7.93. The average Bonchev–Trinajstić information content (AvgIpc) is 3.58. The second-order valence-electron chi connectivity index (χ2n) is 9.75. The normalized spacial score (nSPS) is 20.5. The van der Waals surface area contributed by atoms with Gasteiger partial charge in [0.1, 0.15) is 0 Å². The van der Waals surface area contributed by atoms with Crippen molar-refractivity contribution in [1.29, 1.82) is 0 Å². The van der Waals surface area contributed by atoms with Crippen LogP contribution in [0.4, 0.5) is 5.82 Å². The number of amides is 1. The van der Waals surface area contributed by atoms with Crippen molar-refractivity contribution < 1.29 is 18.8 Å². The van der Waals surface area contributed by atoms with Crippen molar-refractivity contribution in [2.75, 3.05) is 51.0 Å². The summed E-state index contributed by atoms with van der Waals surface area (Å²) in [4.78, 5) is 20.0. The van der Waals surface area contributed by atoms with E-state index in [4.69, 9.17) is 14.0 Å². The Morgan fingerprint density at radius 3 is 2.78 bits per heavy atom. The molecule has 2 aromatic carbocycles. The van der Waals surface area contributed by atoms with Crippen LogP contribution in [0.2, 0.25) is 0 Å². The minimum absolute atomic E-state index is 0.0973. The van der Waals surface area contributed by atoms with Gasteiger partial charge < -0.3 is 23.8 Å². The molecule has 1 atom stereocenters. The summed E-state index contributed by atoms with van der Waals surface area (Å²) in [7, 11) is 0. The van der Waals surface area contributed by atoms with Crippen LogP contribution in [0.3, 0.4) is 0 Å². The summed E-state index contributed by atoms with van der Waals surface area (Å²) in [5.74, 6) is 2.53. The molecule has 6 rings (SSSR count). The summed E-state index contributed by atoms with van der Waals surface area (Å²) < 4.78 is 16.3. The lowest BCUT2D eigenvalue weighted by Gasteiger charge is -2.38. The SMILES string of the molecule is O=C(C=Cc1ccc2c(c1)OCO2)N1CCCC[C@H]1CCN1CCN(c2noc3ccccc23)CC1. The Labute approximate surface area is 211 Å². The largest absolute Gasteiger partial charge is 0.454 e. The fourth-order valence-electron chi connectivity index (χ4n) is 5.49. The number of rotatable bonds is 6. The number of anilines is 1. The number of likely N-dealkylation sites (tertiary alicyclic amines) is 1. The molecular weight excluding hydrogens is 456 g/mol. The molecule has 1 aromatic heterocycles. The van der Waals surface area contributed by atoms with E-state index in [1.165, 1.54) is 6.42 Å². The van der Waals surface area contributed by atoms with Gasteiger partial charge in [0, 0.05) is 51.4 Å². The molecule has 0 radical (unpaired) electrons. The number of carbonyl (C=O) groups excluding carboxylic acids is 1. The van der Waals surface area contributed by atoms with Crippen molar-refractivity contribution in [2.45, 2.75) is 31.7 Å². The lowest BCUT2D eigenvalue weighted by molar-refractivity contribution is -0.129. The van der Waals surface area contributed by atoms with Crippen LogP contribution in [0.25, 0.3) is 17.0 Å². The summed E-state index contributed by atoms with van der Waals surface area (Å²) in [6, 6.07) is 14.1. The summed E-state index contributed by atoms with van der Waals surface area (Å²) >= 11 is 0. The molecule has 0 bridgehead atoms. The van der Waals surface area contributed by atoms with Gasteiger partial charge in [-0.05, 0) is 61.6 Å². The van der Waals surface area contributed by atoms with E-state index in [1.807, 2.05) is 42.5 Å². The van der Waals surface area contributed by atoms with Crippen molar-refractivity contribution in [3.8, 4) is 11.5 Å². The standard InChI is InChI=1S/C28H32N4O4/c33-27(11-9-21-8-10-25-26(19-21)35-20-34-25)32-13-4-3-5-22(32)12-14-30-15-17-31(18-16-30)28-23-6-1-2-7-24(23)36-29-28/h1-2,6-11,19,22H,3-5,12-18,20H2/t22-/m0/s1. The van der Waals surface area contributed by atoms with E-state index in [1.54, 1.807) is 6.08 Å². The van der Waals surface area contributed by atoms with Crippen LogP contribution in [-0.2, 0) is 4.79 Å². The predicted molar refractivity (Wildman–Crippen MR) is 138 cm³/mol. The highest BCUT2D eigenvalue weighted by molar-refractivity contribution is 5.92. The second kappa shape index (κ2) is 10.2. The molecule has 8 nitrogen and oxygen atoms in total. The molecule has 0 spiro atoms. The highest BCUT2D eigenvalue weighted by atomic mass is 16.7. The molecule has 8 heteroatoms. The van der Waals surface area contributed by atoms with Crippen LogP contribution >= 0.6 is 0 Å². The number of fused-ring (bicyclic) bond motifs is 2.